The second-order valence-corrected chi connectivity index (χ2v) is 10.5. The minimum absolute atomic E-state index is 0.0201. The van der Waals surface area contributed by atoms with Gasteiger partial charge in [0, 0.05) is 25.3 Å². The van der Waals surface area contributed by atoms with Gasteiger partial charge in [-0.2, -0.15) is 0 Å². The van der Waals surface area contributed by atoms with Crippen molar-refractivity contribution >= 4 is 57.7 Å². The first-order valence-corrected chi connectivity index (χ1v) is 13.2. The first-order chi connectivity index (χ1) is 16.8. The van der Waals surface area contributed by atoms with Crippen LogP contribution in [-0.4, -0.2) is 56.2 Å². The summed E-state index contributed by atoms with van der Waals surface area (Å²) in [4.78, 5) is 48.0. The summed E-state index contributed by atoms with van der Waals surface area (Å²) in [7, 11) is 0. The summed E-state index contributed by atoms with van der Waals surface area (Å²) < 4.78 is 7.21. The zero-order valence-electron chi connectivity index (χ0n) is 20.4. The number of pyridine rings is 1. The Morgan fingerprint density at radius 1 is 1.31 bits per heavy atom. The van der Waals surface area contributed by atoms with Crippen LogP contribution >= 0.6 is 24.0 Å². The number of carbonyl (C=O) groups is 2. The van der Waals surface area contributed by atoms with Crippen LogP contribution in [0.1, 0.15) is 51.2 Å². The SMILES string of the molecule is CCOC(=O)C1CCN(c2nc3c(C)cccn3c(=O)c2/C=C2\SC(=S)N([C@H](C)CC)C2=O)CC1. The van der Waals surface area contributed by atoms with Crippen LogP contribution in [-0.2, 0) is 14.3 Å². The molecule has 4 rings (SSSR count). The van der Waals surface area contributed by atoms with Crippen LogP contribution in [0.3, 0.4) is 0 Å². The molecule has 0 aromatic carbocycles. The quantitative estimate of drug-likeness (QED) is 0.327. The number of aryl methyl sites for hydroxylation is 1. The predicted molar refractivity (Wildman–Crippen MR) is 143 cm³/mol. The number of ether oxygens (including phenoxy) is 1. The molecule has 10 heteroatoms. The maximum absolute atomic E-state index is 13.7. The van der Waals surface area contributed by atoms with Crippen molar-refractivity contribution in [3.05, 3.63) is 44.7 Å². The average Bonchev–Trinajstić information content (AvgIpc) is 3.13. The molecule has 2 aliphatic rings. The Balaban J connectivity index is 1.77. The fraction of sp³-hybridized carbons (Fsp3) is 0.480. The second kappa shape index (κ2) is 10.5. The lowest BCUT2D eigenvalue weighted by Crippen LogP contribution is -2.39. The lowest BCUT2D eigenvalue weighted by atomic mass is 9.96. The fourth-order valence-electron chi connectivity index (χ4n) is 4.43. The maximum Gasteiger partial charge on any atom is 0.309 e. The molecule has 0 spiro atoms. The van der Waals surface area contributed by atoms with Gasteiger partial charge in [0.15, 0.2) is 0 Å². The highest BCUT2D eigenvalue weighted by Gasteiger charge is 2.36. The molecule has 0 bridgehead atoms. The number of fused-ring (bicyclic) bond motifs is 1. The lowest BCUT2D eigenvalue weighted by Gasteiger charge is -2.32. The summed E-state index contributed by atoms with van der Waals surface area (Å²) in [6.45, 7) is 9.17. The Bertz CT molecular complexity index is 1260. The number of esters is 1. The fourth-order valence-corrected chi connectivity index (χ4v) is 5.87. The molecule has 1 atom stereocenters. The van der Waals surface area contributed by atoms with Crippen LogP contribution in [0.25, 0.3) is 11.7 Å². The minimum Gasteiger partial charge on any atom is -0.466 e. The van der Waals surface area contributed by atoms with E-state index in [2.05, 4.69) is 0 Å². The molecule has 0 unspecified atom stereocenters. The van der Waals surface area contributed by atoms with E-state index < -0.39 is 0 Å². The minimum atomic E-state index is -0.241. The molecular formula is C25H30N4O4S2. The molecule has 186 valence electrons. The van der Waals surface area contributed by atoms with Crippen LogP contribution in [0.15, 0.2) is 28.0 Å². The molecule has 2 aromatic heterocycles. The van der Waals surface area contributed by atoms with Crippen molar-refractivity contribution in [3.8, 4) is 0 Å². The highest BCUT2D eigenvalue weighted by atomic mass is 32.2. The molecule has 8 nitrogen and oxygen atoms in total. The highest BCUT2D eigenvalue weighted by molar-refractivity contribution is 8.26. The predicted octanol–water partition coefficient (Wildman–Crippen LogP) is 3.78. The molecule has 1 amide bonds. The van der Waals surface area contributed by atoms with E-state index in [4.69, 9.17) is 21.9 Å². The van der Waals surface area contributed by atoms with Crippen molar-refractivity contribution in [2.45, 2.75) is 53.0 Å². The number of hydrogen-bond donors (Lipinski definition) is 0. The summed E-state index contributed by atoms with van der Waals surface area (Å²) in [5, 5.41) is 0. The Morgan fingerprint density at radius 3 is 2.69 bits per heavy atom. The molecule has 2 aliphatic heterocycles. The summed E-state index contributed by atoms with van der Waals surface area (Å²) in [6, 6.07) is 3.70. The van der Waals surface area contributed by atoms with E-state index in [1.54, 1.807) is 24.1 Å². The third kappa shape index (κ3) is 4.86. The van der Waals surface area contributed by atoms with Gasteiger partial charge in [-0.1, -0.05) is 37.0 Å². The summed E-state index contributed by atoms with van der Waals surface area (Å²) in [5.74, 6) is 0.00340. The van der Waals surface area contributed by atoms with E-state index in [0.29, 0.717) is 58.8 Å². The Labute approximate surface area is 214 Å². The number of hydrogen-bond acceptors (Lipinski definition) is 8. The van der Waals surface area contributed by atoms with Gasteiger partial charge in [0.05, 0.1) is 23.0 Å². The van der Waals surface area contributed by atoms with Crippen molar-refractivity contribution in [1.29, 1.82) is 0 Å². The van der Waals surface area contributed by atoms with Gasteiger partial charge < -0.3 is 9.64 Å². The summed E-state index contributed by atoms with van der Waals surface area (Å²) in [6.07, 6.45) is 5.33. The van der Waals surface area contributed by atoms with Gasteiger partial charge in [-0.3, -0.25) is 23.7 Å². The Hall–Kier alpha value is -2.72. The number of nitrogens with zero attached hydrogens (tertiary/aromatic N) is 4. The molecule has 0 aliphatic carbocycles. The second-order valence-electron chi connectivity index (χ2n) is 8.86. The molecule has 4 heterocycles. The van der Waals surface area contributed by atoms with Gasteiger partial charge in [0.1, 0.15) is 15.8 Å². The number of thioether (sulfide) groups is 1. The largest absolute Gasteiger partial charge is 0.466 e. The summed E-state index contributed by atoms with van der Waals surface area (Å²) in [5.41, 5.74) is 1.56. The monoisotopic (exact) mass is 514 g/mol. The van der Waals surface area contributed by atoms with Crippen molar-refractivity contribution < 1.29 is 14.3 Å². The van der Waals surface area contributed by atoms with Crippen molar-refractivity contribution in [2.75, 3.05) is 24.6 Å². The number of piperidine rings is 1. The molecule has 35 heavy (non-hydrogen) atoms. The first kappa shape index (κ1) is 25.4. The number of anilines is 1. The van der Waals surface area contributed by atoms with E-state index >= 15 is 0 Å². The molecule has 0 saturated carbocycles. The zero-order chi connectivity index (χ0) is 25.3. The van der Waals surface area contributed by atoms with E-state index in [9.17, 15) is 14.4 Å². The van der Waals surface area contributed by atoms with Gasteiger partial charge in [0.25, 0.3) is 11.5 Å². The van der Waals surface area contributed by atoms with Crippen molar-refractivity contribution in [2.24, 2.45) is 5.92 Å². The maximum atomic E-state index is 13.7. The van der Waals surface area contributed by atoms with Gasteiger partial charge in [-0.15, -0.1) is 0 Å². The first-order valence-electron chi connectivity index (χ1n) is 12.0. The average molecular weight is 515 g/mol. The lowest BCUT2D eigenvalue weighted by molar-refractivity contribution is -0.148. The van der Waals surface area contributed by atoms with Gasteiger partial charge >= 0.3 is 5.97 Å². The number of thiocarbonyl (C=S) groups is 1. The molecular weight excluding hydrogens is 484 g/mol. The normalized spacial score (nSPS) is 19.1. The third-order valence-corrected chi connectivity index (χ3v) is 7.94. The zero-order valence-corrected chi connectivity index (χ0v) is 22.1. The van der Waals surface area contributed by atoms with Crippen LogP contribution in [0.5, 0.6) is 0 Å². The van der Waals surface area contributed by atoms with Gasteiger partial charge in [-0.05, 0) is 57.7 Å². The van der Waals surface area contributed by atoms with Crippen LogP contribution in [0.4, 0.5) is 5.82 Å². The van der Waals surface area contributed by atoms with Gasteiger partial charge in [-0.25, -0.2) is 4.98 Å². The number of carbonyl (C=O) groups excluding carboxylic acids is 2. The van der Waals surface area contributed by atoms with Crippen molar-refractivity contribution in [1.82, 2.24) is 14.3 Å². The number of rotatable bonds is 6. The number of amides is 1. The Kier molecular flexibility index (Phi) is 7.61. The van der Waals surface area contributed by atoms with Crippen LogP contribution in [0.2, 0.25) is 0 Å². The van der Waals surface area contributed by atoms with E-state index in [1.807, 2.05) is 37.8 Å². The molecule has 0 radical (unpaired) electrons. The molecule has 2 fully saturated rings. The van der Waals surface area contributed by atoms with Crippen LogP contribution < -0.4 is 10.5 Å². The number of aromatic nitrogens is 2. The smallest absolute Gasteiger partial charge is 0.309 e. The Morgan fingerprint density at radius 2 is 2.03 bits per heavy atom. The standard InChI is InChI=1S/C25H30N4O4S2/c1-5-16(4)29-23(31)19(35-25(29)34)14-18-21(26-20-15(3)8-7-11-28(20)22(18)30)27-12-9-17(10-13-27)24(32)33-6-2/h7-8,11,14,16-17H,5-6,9-10,12-13H2,1-4H3/b19-14-/t16-/m1/s1. The van der Waals surface area contributed by atoms with Gasteiger partial charge in [0.2, 0.25) is 0 Å². The summed E-state index contributed by atoms with van der Waals surface area (Å²) >= 11 is 6.69. The highest BCUT2D eigenvalue weighted by Crippen LogP contribution is 2.35. The molecule has 2 saturated heterocycles. The van der Waals surface area contributed by atoms with Crippen molar-refractivity contribution in [3.63, 3.8) is 0 Å². The molecule has 2 aromatic rings. The topological polar surface area (TPSA) is 84.2 Å². The van der Waals surface area contributed by atoms with E-state index in [-0.39, 0.29) is 29.4 Å². The van der Waals surface area contributed by atoms with E-state index in [0.717, 1.165) is 12.0 Å². The van der Waals surface area contributed by atoms with E-state index in [1.165, 1.54) is 16.2 Å². The molecule has 0 N–H and O–H groups in total. The third-order valence-electron chi connectivity index (χ3n) is 6.61. The van der Waals surface area contributed by atoms with Crippen LogP contribution in [0, 0.1) is 12.8 Å².